The average Bonchev–Trinajstić information content (AvgIpc) is 3.03. The topological polar surface area (TPSA) is 75.7 Å². The lowest BCUT2D eigenvalue weighted by Gasteiger charge is -2.26. The largest absolute Gasteiger partial charge is 0.464 e. The number of hydrazine groups is 1. The molecule has 0 aromatic heterocycles. The molecule has 1 heterocycles. The summed E-state index contributed by atoms with van der Waals surface area (Å²) in [4.78, 5) is 37.5. The molecule has 0 aliphatic carbocycles. The van der Waals surface area contributed by atoms with E-state index in [1.165, 1.54) is 18.2 Å². The minimum Gasteiger partial charge on any atom is -0.464 e. The Balaban J connectivity index is 2.27. The van der Waals surface area contributed by atoms with E-state index < -0.39 is 35.6 Å². The number of hydrogen-bond acceptors (Lipinski definition) is 4. The highest BCUT2D eigenvalue weighted by atomic mass is 19.1. The summed E-state index contributed by atoms with van der Waals surface area (Å²) in [7, 11) is 0. The van der Waals surface area contributed by atoms with Crippen LogP contribution >= 0.6 is 0 Å². The van der Waals surface area contributed by atoms with Crippen LogP contribution in [0.4, 0.5) is 4.39 Å². The second kappa shape index (κ2) is 9.64. The van der Waals surface area contributed by atoms with Crippen molar-refractivity contribution in [3.8, 4) is 0 Å². The van der Waals surface area contributed by atoms with E-state index in [1.807, 2.05) is 0 Å². The average molecular weight is 386 g/mol. The summed E-state index contributed by atoms with van der Waals surface area (Å²) in [5, 5.41) is 0.989. The van der Waals surface area contributed by atoms with Crippen molar-refractivity contribution in [3.05, 3.63) is 72.1 Å². The second-order valence-electron chi connectivity index (χ2n) is 6.16. The van der Waals surface area contributed by atoms with Gasteiger partial charge in [0.25, 0.3) is 5.91 Å². The van der Waals surface area contributed by atoms with Crippen LogP contribution in [0, 0.1) is 5.92 Å². The van der Waals surface area contributed by atoms with Gasteiger partial charge in [0.15, 0.2) is 6.04 Å². The van der Waals surface area contributed by atoms with E-state index in [2.05, 4.69) is 12.0 Å². The Labute approximate surface area is 163 Å². The Hall–Kier alpha value is -3.22. The molecule has 0 bridgehead atoms. The number of nitrogens with zero attached hydrogens (tertiary/aromatic N) is 1. The molecule has 0 spiro atoms. The SMILES string of the molecule is C=C(C=CC(F)=CC)C1CC(=O)N(NC(=O)c2ccccc2)C1C(=O)OCC. The van der Waals surface area contributed by atoms with Crippen molar-refractivity contribution in [2.24, 2.45) is 5.92 Å². The van der Waals surface area contributed by atoms with Gasteiger partial charge in [-0.05, 0) is 37.6 Å². The Bertz CT molecular complexity index is 817. The fourth-order valence-corrected chi connectivity index (χ4v) is 2.87. The molecule has 7 heteroatoms. The van der Waals surface area contributed by atoms with Gasteiger partial charge in [0, 0.05) is 17.9 Å². The van der Waals surface area contributed by atoms with Crippen molar-refractivity contribution in [1.29, 1.82) is 0 Å². The number of benzene rings is 1. The molecule has 1 fully saturated rings. The number of ether oxygens (including phenoxy) is 1. The smallest absolute Gasteiger partial charge is 0.331 e. The molecule has 6 nitrogen and oxygen atoms in total. The van der Waals surface area contributed by atoms with Gasteiger partial charge in [0.2, 0.25) is 5.91 Å². The zero-order valence-corrected chi connectivity index (χ0v) is 15.9. The van der Waals surface area contributed by atoms with Crippen molar-refractivity contribution >= 4 is 17.8 Å². The Kier molecular flexibility index (Phi) is 7.26. The number of rotatable bonds is 7. The molecule has 1 aliphatic rings. The third kappa shape index (κ3) is 4.94. The summed E-state index contributed by atoms with van der Waals surface area (Å²) in [6.07, 6.45) is 3.85. The monoisotopic (exact) mass is 386 g/mol. The summed E-state index contributed by atoms with van der Waals surface area (Å²) in [6.45, 7) is 7.17. The zero-order chi connectivity index (χ0) is 20.7. The third-order valence-electron chi connectivity index (χ3n) is 4.32. The molecule has 1 aromatic rings. The normalized spacial score (nSPS) is 19.8. The molecule has 0 radical (unpaired) electrons. The van der Waals surface area contributed by atoms with Crippen molar-refractivity contribution in [2.75, 3.05) is 6.61 Å². The van der Waals surface area contributed by atoms with Crippen LogP contribution in [-0.2, 0) is 14.3 Å². The summed E-state index contributed by atoms with van der Waals surface area (Å²) in [6, 6.07) is 7.24. The van der Waals surface area contributed by atoms with Crippen LogP contribution in [0.25, 0.3) is 0 Å². The first-order chi connectivity index (χ1) is 13.4. The van der Waals surface area contributed by atoms with Gasteiger partial charge >= 0.3 is 5.97 Å². The molecule has 2 atom stereocenters. The van der Waals surface area contributed by atoms with Gasteiger partial charge in [-0.25, -0.2) is 14.2 Å². The van der Waals surface area contributed by atoms with Gasteiger partial charge in [-0.15, -0.1) is 0 Å². The number of hydrogen-bond donors (Lipinski definition) is 1. The van der Waals surface area contributed by atoms with Gasteiger partial charge in [-0.2, -0.15) is 0 Å². The molecular formula is C21H23FN2O4. The molecule has 2 unspecified atom stereocenters. The molecular weight excluding hydrogens is 363 g/mol. The molecule has 1 saturated heterocycles. The number of carbonyl (C=O) groups is 3. The number of allylic oxidation sites excluding steroid dienone is 4. The highest BCUT2D eigenvalue weighted by Gasteiger charge is 2.47. The molecule has 0 saturated carbocycles. The lowest BCUT2D eigenvalue weighted by molar-refractivity contribution is -0.153. The highest BCUT2D eigenvalue weighted by molar-refractivity contribution is 5.97. The molecule has 28 heavy (non-hydrogen) atoms. The van der Waals surface area contributed by atoms with E-state index in [4.69, 9.17) is 4.74 Å². The molecule has 2 amide bonds. The first-order valence-electron chi connectivity index (χ1n) is 8.92. The van der Waals surface area contributed by atoms with Gasteiger partial charge in [0.1, 0.15) is 5.83 Å². The minimum atomic E-state index is -1.08. The summed E-state index contributed by atoms with van der Waals surface area (Å²) >= 11 is 0. The molecule has 1 aliphatic heterocycles. The van der Waals surface area contributed by atoms with E-state index >= 15 is 0 Å². The fraction of sp³-hybridized carbons (Fsp3) is 0.286. The van der Waals surface area contributed by atoms with E-state index in [9.17, 15) is 18.8 Å². The van der Waals surface area contributed by atoms with Crippen LogP contribution in [0.15, 0.2) is 66.5 Å². The quantitative estimate of drug-likeness (QED) is 0.577. The van der Waals surface area contributed by atoms with E-state index in [1.54, 1.807) is 44.2 Å². The lowest BCUT2D eigenvalue weighted by atomic mass is 9.92. The minimum absolute atomic E-state index is 0.0564. The number of nitrogens with one attached hydrogen (secondary N) is 1. The predicted octanol–water partition coefficient (Wildman–Crippen LogP) is 3.10. The van der Waals surface area contributed by atoms with Gasteiger partial charge in [-0.1, -0.05) is 36.9 Å². The van der Waals surface area contributed by atoms with Crippen molar-refractivity contribution < 1.29 is 23.5 Å². The first kappa shape index (κ1) is 21.1. The van der Waals surface area contributed by atoms with E-state index in [0.29, 0.717) is 11.1 Å². The number of esters is 1. The highest BCUT2D eigenvalue weighted by Crippen LogP contribution is 2.31. The van der Waals surface area contributed by atoms with Crippen LogP contribution in [0.1, 0.15) is 30.6 Å². The van der Waals surface area contributed by atoms with Crippen molar-refractivity contribution in [3.63, 3.8) is 0 Å². The maximum atomic E-state index is 13.4. The molecule has 2 rings (SSSR count). The molecule has 1 N–H and O–H groups in total. The number of amides is 2. The Morgan fingerprint density at radius 2 is 2.00 bits per heavy atom. The van der Waals surface area contributed by atoms with Crippen molar-refractivity contribution in [1.82, 2.24) is 10.4 Å². The van der Waals surface area contributed by atoms with Crippen molar-refractivity contribution in [2.45, 2.75) is 26.3 Å². The van der Waals surface area contributed by atoms with Gasteiger partial charge < -0.3 is 4.74 Å². The fourth-order valence-electron chi connectivity index (χ4n) is 2.87. The third-order valence-corrected chi connectivity index (χ3v) is 4.32. The van der Waals surface area contributed by atoms with E-state index in [-0.39, 0.29) is 13.0 Å². The van der Waals surface area contributed by atoms with Crippen LogP contribution in [0.3, 0.4) is 0 Å². The second-order valence-corrected chi connectivity index (χ2v) is 6.16. The maximum absolute atomic E-state index is 13.4. The molecule has 1 aromatic carbocycles. The lowest BCUT2D eigenvalue weighted by Crippen LogP contribution is -2.52. The molecule has 148 valence electrons. The van der Waals surface area contributed by atoms with Crippen LogP contribution in [-0.4, -0.2) is 35.4 Å². The van der Waals surface area contributed by atoms with Gasteiger partial charge in [-0.3, -0.25) is 15.0 Å². The Morgan fingerprint density at radius 3 is 2.61 bits per heavy atom. The van der Waals surface area contributed by atoms with Crippen LogP contribution < -0.4 is 5.43 Å². The Morgan fingerprint density at radius 1 is 1.32 bits per heavy atom. The summed E-state index contributed by atoms with van der Waals surface area (Å²) < 4.78 is 18.5. The zero-order valence-electron chi connectivity index (χ0n) is 15.9. The van der Waals surface area contributed by atoms with E-state index in [0.717, 1.165) is 5.01 Å². The summed E-state index contributed by atoms with van der Waals surface area (Å²) in [5.41, 5.74) is 3.22. The summed E-state index contributed by atoms with van der Waals surface area (Å²) in [5.74, 6) is -2.75. The first-order valence-corrected chi connectivity index (χ1v) is 8.92. The predicted molar refractivity (Wildman–Crippen MR) is 102 cm³/mol. The number of halogens is 1. The number of carbonyl (C=O) groups excluding carboxylic acids is 3. The van der Waals surface area contributed by atoms with Crippen LogP contribution in [0.5, 0.6) is 0 Å². The maximum Gasteiger partial charge on any atom is 0.331 e. The van der Waals surface area contributed by atoms with Crippen LogP contribution in [0.2, 0.25) is 0 Å². The standard InChI is InChI=1S/C21H23FN2O4/c1-4-16(22)12-11-14(3)17-13-18(25)24(19(17)21(27)28-5-2)23-20(26)15-9-7-6-8-10-15/h4,6-12,17,19H,3,5,13H2,1-2H3,(H,23,26). The van der Waals surface area contributed by atoms with Gasteiger partial charge in [0.05, 0.1) is 6.61 Å².